The highest BCUT2D eigenvalue weighted by atomic mass is 16.3. The SMILES string of the molecule is C=C(O)/N=C(\N)C1CN(C(=O)c2cncc3ccccc23)CCN1C(c1ccccc1)c1ccccc1. The number of carbonyl (C=O) groups excluding carboxylic acids is 1. The lowest BCUT2D eigenvalue weighted by Gasteiger charge is -2.45. The van der Waals surface area contributed by atoms with Crippen LogP contribution in [0.4, 0.5) is 0 Å². The number of aromatic nitrogens is 1. The van der Waals surface area contributed by atoms with Crippen molar-refractivity contribution in [2.24, 2.45) is 10.7 Å². The Morgan fingerprint density at radius 1 is 0.946 bits per heavy atom. The van der Waals surface area contributed by atoms with Gasteiger partial charge in [0.15, 0.2) is 0 Å². The maximum Gasteiger partial charge on any atom is 0.256 e. The van der Waals surface area contributed by atoms with E-state index >= 15 is 0 Å². The summed E-state index contributed by atoms with van der Waals surface area (Å²) >= 11 is 0. The summed E-state index contributed by atoms with van der Waals surface area (Å²) in [6, 6.07) is 27.6. The minimum Gasteiger partial charge on any atom is -0.494 e. The Balaban J connectivity index is 1.53. The van der Waals surface area contributed by atoms with Crippen LogP contribution < -0.4 is 5.73 Å². The van der Waals surface area contributed by atoms with E-state index in [0.29, 0.717) is 25.2 Å². The summed E-state index contributed by atoms with van der Waals surface area (Å²) in [5, 5.41) is 11.6. The van der Waals surface area contributed by atoms with E-state index in [2.05, 4.69) is 45.7 Å². The van der Waals surface area contributed by atoms with Crippen LogP contribution in [0.25, 0.3) is 10.8 Å². The zero-order valence-electron chi connectivity index (χ0n) is 20.4. The average Bonchev–Trinajstić information content (AvgIpc) is 2.93. The van der Waals surface area contributed by atoms with Crippen LogP contribution >= 0.6 is 0 Å². The monoisotopic (exact) mass is 491 g/mol. The number of nitrogens with two attached hydrogens (primary N) is 1. The first-order valence-electron chi connectivity index (χ1n) is 12.2. The van der Waals surface area contributed by atoms with E-state index in [9.17, 15) is 9.90 Å². The number of rotatable bonds is 6. The summed E-state index contributed by atoms with van der Waals surface area (Å²) in [6.07, 6.45) is 3.38. The molecular formula is C30H29N5O2. The number of hydrogen-bond donors (Lipinski definition) is 2. The number of hydrogen-bond acceptors (Lipinski definition) is 5. The van der Waals surface area contributed by atoms with Gasteiger partial charge in [0, 0.05) is 37.4 Å². The van der Waals surface area contributed by atoms with Crippen LogP contribution in [0.15, 0.2) is 115 Å². The van der Waals surface area contributed by atoms with Crippen molar-refractivity contribution in [1.82, 2.24) is 14.8 Å². The van der Waals surface area contributed by atoms with E-state index in [-0.39, 0.29) is 23.7 Å². The van der Waals surface area contributed by atoms with E-state index in [0.717, 1.165) is 21.9 Å². The molecule has 4 aromatic rings. The molecule has 37 heavy (non-hydrogen) atoms. The summed E-state index contributed by atoms with van der Waals surface area (Å²) in [4.78, 5) is 26.2. The lowest BCUT2D eigenvalue weighted by molar-refractivity contribution is 0.0519. The first-order chi connectivity index (χ1) is 18.0. The molecule has 1 amide bonds. The summed E-state index contributed by atoms with van der Waals surface area (Å²) < 4.78 is 0. The van der Waals surface area contributed by atoms with Crippen LogP contribution in [-0.2, 0) is 0 Å². The number of carbonyl (C=O) groups is 1. The van der Waals surface area contributed by atoms with Crippen LogP contribution in [0.1, 0.15) is 27.5 Å². The second kappa shape index (κ2) is 10.6. The van der Waals surface area contributed by atoms with E-state index < -0.39 is 6.04 Å². The van der Waals surface area contributed by atoms with Crippen LogP contribution in [-0.4, -0.2) is 57.3 Å². The average molecular weight is 492 g/mol. The quantitative estimate of drug-likeness (QED) is 0.235. The summed E-state index contributed by atoms with van der Waals surface area (Å²) in [5.41, 5.74) is 9.22. The Morgan fingerprint density at radius 3 is 2.22 bits per heavy atom. The predicted molar refractivity (Wildman–Crippen MR) is 146 cm³/mol. The highest BCUT2D eigenvalue weighted by Crippen LogP contribution is 2.32. The first kappa shape index (κ1) is 24.2. The molecule has 0 spiro atoms. The van der Waals surface area contributed by atoms with Crippen molar-refractivity contribution >= 4 is 22.5 Å². The highest BCUT2D eigenvalue weighted by molar-refractivity contribution is 6.06. The number of aliphatic hydroxyl groups excluding tert-OH is 1. The smallest absolute Gasteiger partial charge is 0.256 e. The maximum atomic E-state index is 13.7. The molecule has 7 nitrogen and oxygen atoms in total. The molecule has 3 aromatic carbocycles. The molecule has 1 fully saturated rings. The van der Waals surface area contributed by atoms with Crippen molar-refractivity contribution in [1.29, 1.82) is 0 Å². The zero-order chi connectivity index (χ0) is 25.8. The number of piperazine rings is 1. The van der Waals surface area contributed by atoms with E-state index in [1.54, 1.807) is 17.3 Å². The van der Waals surface area contributed by atoms with Crippen molar-refractivity contribution in [3.8, 4) is 0 Å². The van der Waals surface area contributed by atoms with Gasteiger partial charge >= 0.3 is 0 Å². The van der Waals surface area contributed by atoms with Gasteiger partial charge in [0.1, 0.15) is 5.84 Å². The lowest BCUT2D eigenvalue weighted by Crippen LogP contribution is -2.60. The molecule has 5 rings (SSSR count). The summed E-state index contributed by atoms with van der Waals surface area (Å²) in [5.74, 6) is -0.270. The van der Waals surface area contributed by atoms with Crippen molar-refractivity contribution in [3.05, 3.63) is 126 Å². The third-order valence-electron chi connectivity index (χ3n) is 6.77. The van der Waals surface area contributed by atoms with Gasteiger partial charge in [-0.3, -0.25) is 14.7 Å². The molecule has 0 aliphatic carbocycles. The molecule has 1 unspecified atom stereocenters. The Hall–Kier alpha value is -4.49. The molecule has 0 radical (unpaired) electrons. The molecule has 2 heterocycles. The Bertz CT molecular complexity index is 1390. The number of nitrogens with zero attached hydrogens (tertiary/aromatic N) is 4. The molecule has 1 aliphatic heterocycles. The first-order valence-corrected chi connectivity index (χ1v) is 12.2. The minimum atomic E-state index is -0.449. The van der Waals surface area contributed by atoms with Gasteiger partial charge in [-0.2, -0.15) is 4.99 Å². The topological polar surface area (TPSA) is 95.0 Å². The highest BCUT2D eigenvalue weighted by Gasteiger charge is 2.37. The Labute approximate surface area is 216 Å². The molecule has 1 saturated heterocycles. The van der Waals surface area contributed by atoms with Gasteiger partial charge in [-0.15, -0.1) is 0 Å². The standard InChI is InChI=1S/C30H29N5O2/c1-21(36)33-29(31)27-20-34(30(37)26-19-32-18-24-14-8-9-15-25(24)26)16-17-35(27)28(22-10-4-2-5-11-22)23-12-6-3-7-13-23/h2-15,18-19,27-28,36H,1,16-17,20H2,(H2,31,33). The van der Waals surface area contributed by atoms with Gasteiger partial charge in [0.05, 0.1) is 17.6 Å². The van der Waals surface area contributed by atoms with Gasteiger partial charge in [0.2, 0.25) is 5.88 Å². The van der Waals surface area contributed by atoms with Gasteiger partial charge in [-0.25, -0.2) is 0 Å². The molecular weight excluding hydrogens is 462 g/mol. The van der Waals surface area contributed by atoms with E-state index in [1.807, 2.05) is 60.7 Å². The fourth-order valence-corrected chi connectivity index (χ4v) is 5.08. The molecule has 186 valence electrons. The lowest BCUT2D eigenvalue weighted by atomic mass is 9.94. The van der Waals surface area contributed by atoms with Crippen LogP contribution in [0.5, 0.6) is 0 Å². The molecule has 0 saturated carbocycles. The van der Waals surface area contributed by atoms with Crippen LogP contribution in [0, 0.1) is 0 Å². The minimum absolute atomic E-state index is 0.111. The molecule has 3 N–H and O–H groups in total. The fraction of sp³-hybridized carbons (Fsp3) is 0.167. The second-order valence-corrected chi connectivity index (χ2v) is 9.09. The van der Waals surface area contributed by atoms with Gasteiger partial charge in [-0.1, -0.05) is 84.9 Å². The van der Waals surface area contributed by atoms with Gasteiger partial charge in [-0.05, 0) is 23.1 Å². The number of pyridine rings is 1. The Kier molecular flexibility index (Phi) is 6.96. The zero-order valence-corrected chi connectivity index (χ0v) is 20.4. The number of benzene rings is 3. The summed E-state index contributed by atoms with van der Waals surface area (Å²) in [7, 11) is 0. The molecule has 7 heteroatoms. The maximum absolute atomic E-state index is 13.7. The van der Waals surface area contributed by atoms with E-state index in [1.165, 1.54) is 0 Å². The van der Waals surface area contributed by atoms with Gasteiger partial charge < -0.3 is 15.7 Å². The number of fused-ring (bicyclic) bond motifs is 1. The van der Waals surface area contributed by atoms with Crippen molar-refractivity contribution in [2.45, 2.75) is 12.1 Å². The fourth-order valence-electron chi connectivity index (χ4n) is 5.08. The number of amides is 1. The second-order valence-electron chi connectivity index (χ2n) is 9.09. The van der Waals surface area contributed by atoms with Crippen LogP contribution in [0.3, 0.4) is 0 Å². The Morgan fingerprint density at radius 2 is 1.57 bits per heavy atom. The molecule has 1 atom stereocenters. The van der Waals surface area contributed by atoms with Crippen molar-refractivity contribution in [2.75, 3.05) is 19.6 Å². The largest absolute Gasteiger partial charge is 0.494 e. The number of amidine groups is 1. The molecule has 1 aromatic heterocycles. The third-order valence-corrected chi connectivity index (χ3v) is 6.77. The summed E-state index contributed by atoms with van der Waals surface area (Å²) in [6.45, 7) is 4.85. The van der Waals surface area contributed by atoms with E-state index in [4.69, 9.17) is 5.73 Å². The molecule has 1 aliphatic rings. The molecule has 0 bridgehead atoms. The third kappa shape index (κ3) is 5.08. The predicted octanol–water partition coefficient (Wildman–Crippen LogP) is 4.54. The van der Waals surface area contributed by atoms with Crippen molar-refractivity contribution < 1.29 is 9.90 Å². The number of aliphatic hydroxyl groups is 1. The van der Waals surface area contributed by atoms with Crippen LogP contribution in [0.2, 0.25) is 0 Å². The normalized spacial score (nSPS) is 16.7. The van der Waals surface area contributed by atoms with Crippen molar-refractivity contribution in [3.63, 3.8) is 0 Å². The van der Waals surface area contributed by atoms with Gasteiger partial charge in [0.25, 0.3) is 5.91 Å². The number of aliphatic imine (C=N–C) groups is 1.